The highest BCUT2D eigenvalue weighted by molar-refractivity contribution is 9.10. The monoisotopic (exact) mass is 408 g/mol. The molecule has 1 aliphatic rings. The molecule has 0 fully saturated rings. The summed E-state index contributed by atoms with van der Waals surface area (Å²) in [6.45, 7) is 2.59. The molecule has 1 aromatic carbocycles. The van der Waals surface area contributed by atoms with Crippen molar-refractivity contribution in [3.63, 3.8) is 0 Å². The van der Waals surface area contributed by atoms with Crippen LogP contribution in [0.15, 0.2) is 59.6 Å². The molecule has 7 heteroatoms. The molecule has 0 radical (unpaired) electrons. The fourth-order valence-electron chi connectivity index (χ4n) is 3.49. The van der Waals surface area contributed by atoms with Gasteiger partial charge in [-0.2, -0.15) is 5.10 Å². The van der Waals surface area contributed by atoms with Gasteiger partial charge in [0.15, 0.2) is 5.65 Å². The Labute approximate surface area is 159 Å². The van der Waals surface area contributed by atoms with E-state index in [-0.39, 0.29) is 0 Å². The number of hydrogen-bond donors (Lipinski definition) is 0. The van der Waals surface area contributed by atoms with Crippen molar-refractivity contribution in [1.82, 2.24) is 24.1 Å². The highest BCUT2D eigenvalue weighted by Crippen LogP contribution is 2.25. The third-order valence-electron chi connectivity index (χ3n) is 4.82. The van der Waals surface area contributed by atoms with Gasteiger partial charge in [0.25, 0.3) is 0 Å². The standard InChI is InChI=1S/C19H17BrN6/c20-15-10-22-26-9-7-18(23-19(15)26)24-8-6-17-16(12-24)21-13-25(17)11-14-4-2-1-3-5-14/h1-5,7,9-10,13H,6,8,11-12H2. The van der Waals surface area contributed by atoms with Crippen molar-refractivity contribution in [2.75, 3.05) is 11.4 Å². The molecule has 26 heavy (non-hydrogen) atoms. The Morgan fingerprint density at radius 2 is 2.00 bits per heavy atom. The van der Waals surface area contributed by atoms with Crippen LogP contribution in [0.25, 0.3) is 5.65 Å². The van der Waals surface area contributed by atoms with E-state index in [1.165, 1.54) is 11.3 Å². The predicted molar refractivity (Wildman–Crippen MR) is 103 cm³/mol. The molecule has 0 aliphatic carbocycles. The van der Waals surface area contributed by atoms with Crippen LogP contribution in [0.3, 0.4) is 0 Å². The van der Waals surface area contributed by atoms with E-state index in [2.05, 4.69) is 59.7 Å². The summed E-state index contributed by atoms with van der Waals surface area (Å²) in [6.07, 6.45) is 6.65. The molecule has 3 aromatic heterocycles. The molecule has 0 unspecified atom stereocenters. The maximum Gasteiger partial charge on any atom is 0.171 e. The van der Waals surface area contributed by atoms with Crippen molar-refractivity contribution in [3.8, 4) is 0 Å². The van der Waals surface area contributed by atoms with Crippen molar-refractivity contribution in [2.45, 2.75) is 19.5 Å². The number of benzene rings is 1. The number of anilines is 1. The van der Waals surface area contributed by atoms with E-state index in [9.17, 15) is 0 Å². The first kappa shape index (κ1) is 15.6. The normalized spacial score (nSPS) is 14.0. The number of nitrogens with zero attached hydrogens (tertiary/aromatic N) is 6. The lowest BCUT2D eigenvalue weighted by Crippen LogP contribution is -2.32. The second kappa shape index (κ2) is 6.25. The van der Waals surface area contributed by atoms with E-state index in [1.54, 1.807) is 10.7 Å². The zero-order valence-electron chi connectivity index (χ0n) is 14.1. The molecule has 0 bridgehead atoms. The van der Waals surface area contributed by atoms with Crippen LogP contribution in [0, 0.1) is 0 Å². The highest BCUT2D eigenvalue weighted by Gasteiger charge is 2.22. The van der Waals surface area contributed by atoms with Crippen LogP contribution in [0.1, 0.15) is 17.0 Å². The number of halogens is 1. The van der Waals surface area contributed by atoms with E-state index in [0.29, 0.717) is 0 Å². The molecule has 1 aliphatic heterocycles. The maximum absolute atomic E-state index is 4.75. The van der Waals surface area contributed by atoms with Gasteiger partial charge in [-0.25, -0.2) is 14.5 Å². The molecule has 4 aromatic rings. The van der Waals surface area contributed by atoms with Gasteiger partial charge in [0.2, 0.25) is 0 Å². The van der Waals surface area contributed by atoms with Crippen molar-refractivity contribution in [2.24, 2.45) is 0 Å². The predicted octanol–water partition coefficient (Wildman–Crippen LogP) is 3.30. The summed E-state index contributed by atoms with van der Waals surface area (Å²) in [5.41, 5.74) is 4.61. The van der Waals surface area contributed by atoms with E-state index in [4.69, 9.17) is 4.98 Å². The van der Waals surface area contributed by atoms with Crippen LogP contribution in [-0.2, 0) is 19.5 Å². The minimum atomic E-state index is 0.784. The van der Waals surface area contributed by atoms with Crippen molar-refractivity contribution >= 4 is 27.4 Å². The maximum atomic E-state index is 4.75. The minimum Gasteiger partial charge on any atom is -0.350 e. The highest BCUT2D eigenvalue weighted by atomic mass is 79.9. The third kappa shape index (κ3) is 2.68. The zero-order chi connectivity index (χ0) is 17.5. The van der Waals surface area contributed by atoms with Gasteiger partial charge in [0.1, 0.15) is 5.82 Å². The summed E-state index contributed by atoms with van der Waals surface area (Å²) in [5.74, 6) is 0.960. The van der Waals surface area contributed by atoms with Crippen molar-refractivity contribution in [1.29, 1.82) is 0 Å². The first-order valence-corrected chi connectivity index (χ1v) is 9.39. The average molecular weight is 409 g/mol. The number of fused-ring (bicyclic) bond motifs is 2. The molecule has 0 amide bonds. The van der Waals surface area contributed by atoms with Crippen LogP contribution in [0.5, 0.6) is 0 Å². The Balaban J connectivity index is 1.40. The van der Waals surface area contributed by atoms with Gasteiger partial charge in [-0.05, 0) is 27.6 Å². The molecule has 0 atom stereocenters. The number of imidazole rings is 1. The van der Waals surface area contributed by atoms with Crippen LogP contribution in [0.4, 0.5) is 5.82 Å². The number of hydrogen-bond acceptors (Lipinski definition) is 4. The molecule has 5 rings (SSSR count). The van der Waals surface area contributed by atoms with E-state index < -0.39 is 0 Å². The number of rotatable bonds is 3. The molecule has 0 saturated carbocycles. The number of aromatic nitrogens is 5. The van der Waals surface area contributed by atoms with Gasteiger partial charge in [0, 0.05) is 31.4 Å². The Hall–Kier alpha value is -2.67. The smallest absolute Gasteiger partial charge is 0.171 e. The average Bonchev–Trinajstić information content (AvgIpc) is 3.26. The van der Waals surface area contributed by atoms with Gasteiger partial charge in [0.05, 0.1) is 29.2 Å². The Morgan fingerprint density at radius 3 is 2.88 bits per heavy atom. The van der Waals surface area contributed by atoms with Crippen LogP contribution < -0.4 is 4.90 Å². The van der Waals surface area contributed by atoms with Crippen LogP contribution in [-0.4, -0.2) is 30.7 Å². The quantitative estimate of drug-likeness (QED) is 0.521. The summed E-state index contributed by atoms with van der Waals surface area (Å²) in [6, 6.07) is 12.5. The lowest BCUT2D eigenvalue weighted by Gasteiger charge is -2.28. The third-order valence-corrected chi connectivity index (χ3v) is 5.38. The first-order chi connectivity index (χ1) is 12.8. The lowest BCUT2D eigenvalue weighted by atomic mass is 10.1. The first-order valence-electron chi connectivity index (χ1n) is 8.59. The SMILES string of the molecule is Brc1cnn2ccc(N3CCc4c(ncn4Cc4ccccc4)C3)nc12. The Kier molecular flexibility index (Phi) is 3.74. The summed E-state index contributed by atoms with van der Waals surface area (Å²) in [7, 11) is 0. The van der Waals surface area contributed by atoms with Gasteiger partial charge in [-0.1, -0.05) is 30.3 Å². The van der Waals surface area contributed by atoms with Gasteiger partial charge in [-0.3, -0.25) is 0 Å². The molecule has 0 saturated heterocycles. The van der Waals surface area contributed by atoms with Crippen LogP contribution in [0.2, 0.25) is 0 Å². The fraction of sp³-hybridized carbons (Fsp3) is 0.211. The molecular formula is C19H17BrN6. The topological polar surface area (TPSA) is 51.2 Å². The second-order valence-electron chi connectivity index (χ2n) is 6.47. The Bertz CT molecular complexity index is 1070. The summed E-state index contributed by atoms with van der Waals surface area (Å²) in [4.78, 5) is 11.7. The van der Waals surface area contributed by atoms with E-state index in [1.807, 2.05) is 24.7 Å². The summed E-state index contributed by atoms with van der Waals surface area (Å²) >= 11 is 3.51. The van der Waals surface area contributed by atoms with Crippen molar-refractivity contribution < 1.29 is 0 Å². The van der Waals surface area contributed by atoms with Crippen LogP contribution >= 0.6 is 15.9 Å². The molecular weight excluding hydrogens is 392 g/mol. The Morgan fingerprint density at radius 1 is 1.12 bits per heavy atom. The van der Waals surface area contributed by atoms with Gasteiger partial charge < -0.3 is 9.47 Å². The molecule has 4 heterocycles. The fourth-order valence-corrected chi connectivity index (χ4v) is 3.85. The lowest BCUT2D eigenvalue weighted by molar-refractivity contribution is 0.656. The summed E-state index contributed by atoms with van der Waals surface area (Å²) < 4.78 is 4.95. The largest absolute Gasteiger partial charge is 0.350 e. The minimum absolute atomic E-state index is 0.784. The zero-order valence-corrected chi connectivity index (χ0v) is 15.7. The van der Waals surface area contributed by atoms with Gasteiger partial charge >= 0.3 is 0 Å². The van der Waals surface area contributed by atoms with Crippen molar-refractivity contribution in [3.05, 3.63) is 76.5 Å². The van der Waals surface area contributed by atoms with E-state index >= 15 is 0 Å². The molecule has 130 valence electrons. The molecule has 0 N–H and O–H groups in total. The second-order valence-corrected chi connectivity index (χ2v) is 7.32. The summed E-state index contributed by atoms with van der Waals surface area (Å²) in [5, 5.41) is 4.26. The molecule has 0 spiro atoms. The molecule has 6 nitrogen and oxygen atoms in total. The van der Waals surface area contributed by atoms with E-state index in [0.717, 1.165) is 47.7 Å². The van der Waals surface area contributed by atoms with Gasteiger partial charge in [-0.15, -0.1) is 0 Å².